The van der Waals surface area contributed by atoms with Gasteiger partial charge in [0.05, 0.1) is 16.6 Å². The van der Waals surface area contributed by atoms with Gasteiger partial charge in [-0.25, -0.2) is 4.98 Å². The highest BCUT2D eigenvalue weighted by Gasteiger charge is 2.21. The molecule has 0 aliphatic carbocycles. The molecule has 1 aromatic heterocycles. The van der Waals surface area contributed by atoms with E-state index in [4.69, 9.17) is 4.98 Å². The number of rotatable bonds is 7. The Hall–Kier alpha value is -1.95. The number of hydrogen-bond donors (Lipinski definition) is 0. The second-order valence-electron chi connectivity index (χ2n) is 7.56. The van der Waals surface area contributed by atoms with E-state index in [1.165, 1.54) is 16.7 Å². The van der Waals surface area contributed by atoms with Crippen LogP contribution in [0, 0.1) is 13.8 Å². The van der Waals surface area contributed by atoms with Gasteiger partial charge in [-0.3, -0.25) is 9.69 Å². The molecule has 156 valence electrons. The Morgan fingerprint density at radius 2 is 1.83 bits per heavy atom. The van der Waals surface area contributed by atoms with Crippen molar-refractivity contribution in [2.24, 2.45) is 0 Å². The lowest BCUT2D eigenvalue weighted by atomic mass is 10.0. The maximum atomic E-state index is 13.2. The summed E-state index contributed by atoms with van der Waals surface area (Å²) in [5.74, 6) is 0.0993. The van der Waals surface area contributed by atoms with Crippen molar-refractivity contribution in [2.45, 2.75) is 33.6 Å². The molecular formula is C23H30ClN3OS. The zero-order chi connectivity index (χ0) is 20.3. The smallest absolute Gasteiger partial charge is 0.233 e. The molecule has 4 nitrogen and oxygen atoms in total. The highest BCUT2D eigenvalue weighted by molar-refractivity contribution is 7.22. The molecular weight excluding hydrogens is 402 g/mol. The van der Waals surface area contributed by atoms with Crippen LogP contribution < -0.4 is 4.90 Å². The number of fused-ring (bicyclic) bond motifs is 1. The Balaban J connectivity index is 0.00000300. The maximum Gasteiger partial charge on any atom is 0.233 e. The van der Waals surface area contributed by atoms with E-state index in [0.29, 0.717) is 13.0 Å². The van der Waals surface area contributed by atoms with E-state index in [0.717, 1.165) is 33.9 Å². The van der Waals surface area contributed by atoms with Crippen molar-refractivity contribution in [1.82, 2.24) is 9.88 Å². The summed E-state index contributed by atoms with van der Waals surface area (Å²) in [6.07, 6.45) is 1.33. The quantitative estimate of drug-likeness (QED) is 0.526. The predicted molar refractivity (Wildman–Crippen MR) is 127 cm³/mol. The average Bonchev–Trinajstić information content (AvgIpc) is 3.08. The van der Waals surface area contributed by atoms with Crippen LogP contribution in [0.2, 0.25) is 0 Å². The van der Waals surface area contributed by atoms with Crippen LogP contribution in [0.5, 0.6) is 0 Å². The summed E-state index contributed by atoms with van der Waals surface area (Å²) in [5, 5.41) is 0.798. The topological polar surface area (TPSA) is 36.4 Å². The lowest BCUT2D eigenvalue weighted by Gasteiger charge is -2.22. The van der Waals surface area contributed by atoms with Crippen molar-refractivity contribution >= 4 is 45.0 Å². The second kappa shape index (κ2) is 10.2. The number of aromatic nitrogens is 1. The van der Waals surface area contributed by atoms with Crippen LogP contribution in [0.3, 0.4) is 0 Å². The van der Waals surface area contributed by atoms with E-state index in [-0.39, 0.29) is 18.3 Å². The summed E-state index contributed by atoms with van der Waals surface area (Å²) >= 11 is 1.61. The first kappa shape index (κ1) is 23.3. The minimum Gasteiger partial charge on any atom is -0.308 e. The number of amides is 1. The van der Waals surface area contributed by atoms with Gasteiger partial charge in [0.1, 0.15) is 0 Å². The third-order valence-corrected chi connectivity index (χ3v) is 6.15. The van der Waals surface area contributed by atoms with Gasteiger partial charge >= 0.3 is 0 Å². The van der Waals surface area contributed by atoms with E-state index in [2.05, 4.69) is 62.1 Å². The Morgan fingerprint density at radius 1 is 1.07 bits per heavy atom. The third kappa shape index (κ3) is 5.56. The first-order chi connectivity index (χ1) is 13.4. The number of likely N-dealkylation sites (N-methyl/N-ethyl adjacent to an activating group) is 1. The zero-order valence-corrected chi connectivity index (χ0v) is 19.5. The molecule has 3 aromatic rings. The van der Waals surface area contributed by atoms with Gasteiger partial charge in [0, 0.05) is 13.1 Å². The van der Waals surface area contributed by atoms with Gasteiger partial charge < -0.3 is 4.90 Å². The van der Waals surface area contributed by atoms with Gasteiger partial charge in [0.2, 0.25) is 5.91 Å². The van der Waals surface area contributed by atoms with E-state index in [1.807, 2.05) is 19.0 Å². The average molecular weight is 432 g/mol. The fraction of sp³-hybridized carbons (Fsp3) is 0.391. The van der Waals surface area contributed by atoms with Crippen molar-refractivity contribution < 1.29 is 4.79 Å². The summed E-state index contributed by atoms with van der Waals surface area (Å²) in [6, 6.07) is 12.5. The van der Waals surface area contributed by atoms with E-state index >= 15 is 0 Å². The molecule has 0 aliphatic rings. The van der Waals surface area contributed by atoms with E-state index < -0.39 is 0 Å². The number of nitrogens with zero attached hydrogens (tertiary/aromatic N) is 3. The van der Waals surface area contributed by atoms with Crippen LogP contribution in [0.1, 0.15) is 29.2 Å². The van der Waals surface area contributed by atoms with Crippen molar-refractivity contribution in [3.05, 3.63) is 58.7 Å². The second-order valence-corrected chi connectivity index (χ2v) is 8.57. The number of aryl methyl sites for hydroxylation is 3. The van der Waals surface area contributed by atoms with Crippen molar-refractivity contribution in [3.63, 3.8) is 0 Å². The molecule has 2 aromatic carbocycles. The summed E-state index contributed by atoms with van der Waals surface area (Å²) in [6.45, 7) is 7.76. The largest absolute Gasteiger partial charge is 0.308 e. The number of anilines is 1. The molecule has 1 heterocycles. The number of thiazole rings is 1. The molecule has 0 aliphatic heterocycles. The van der Waals surface area contributed by atoms with Gasteiger partial charge in [0.25, 0.3) is 0 Å². The third-order valence-electron chi connectivity index (χ3n) is 5.10. The normalized spacial score (nSPS) is 11.0. The minimum absolute atomic E-state index is 0. The number of hydrogen-bond acceptors (Lipinski definition) is 4. The first-order valence-corrected chi connectivity index (χ1v) is 10.6. The minimum atomic E-state index is 0. The molecule has 0 unspecified atom stereocenters. The van der Waals surface area contributed by atoms with Gasteiger partial charge in [-0.15, -0.1) is 12.4 Å². The monoisotopic (exact) mass is 431 g/mol. The lowest BCUT2D eigenvalue weighted by Crippen LogP contribution is -2.37. The zero-order valence-electron chi connectivity index (χ0n) is 17.9. The molecule has 29 heavy (non-hydrogen) atoms. The predicted octanol–water partition coefficient (Wildman–Crippen LogP) is 5.03. The van der Waals surface area contributed by atoms with Gasteiger partial charge in [-0.05, 0) is 62.7 Å². The maximum absolute atomic E-state index is 13.2. The summed E-state index contributed by atoms with van der Waals surface area (Å²) in [7, 11) is 4.05. The fourth-order valence-corrected chi connectivity index (χ4v) is 4.26. The first-order valence-electron chi connectivity index (χ1n) is 9.78. The molecule has 0 N–H and O–H groups in total. The Labute approximate surface area is 184 Å². The summed E-state index contributed by atoms with van der Waals surface area (Å²) in [5.41, 5.74) is 5.78. The number of carbonyl (C=O) groups is 1. The lowest BCUT2D eigenvalue weighted by molar-refractivity contribution is -0.118. The van der Waals surface area contributed by atoms with Crippen LogP contribution >= 0.6 is 23.7 Å². The standard InChI is InChI=1S/C23H29N3OS.ClH/c1-6-19-8-7-9-20-22(19)24-23(28-20)26(13-12-25(4)5)21(27)15-18-11-10-16(2)17(3)14-18;/h7-11,14H,6,12-13,15H2,1-5H3;1H. The van der Waals surface area contributed by atoms with Crippen LogP contribution in [-0.2, 0) is 17.6 Å². The fourth-order valence-electron chi connectivity index (χ4n) is 3.21. The summed E-state index contributed by atoms with van der Waals surface area (Å²) in [4.78, 5) is 22.0. The van der Waals surface area contributed by atoms with Crippen molar-refractivity contribution in [2.75, 3.05) is 32.1 Å². The van der Waals surface area contributed by atoms with Crippen molar-refractivity contribution in [3.8, 4) is 0 Å². The molecule has 6 heteroatoms. The molecule has 0 bridgehead atoms. The molecule has 0 saturated heterocycles. The number of para-hydroxylation sites is 1. The van der Waals surface area contributed by atoms with E-state index in [1.54, 1.807) is 11.3 Å². The number of halogens is 1. The summed E-state index contributed by atoms with van der Waals surface area (Å²) < 4.78 is 1.14. The van der Waals surface area contributed by atoms with Gasteiger partial charge in [0.15, 0.2) is 5.13 Å². The number of benzene rings is 2. The molecule has 0 radical (unpaired) electrons. The van der Waals surface area contributed by atoms with Gasteiger partial charge in [-0.2, -0.15) is 0 Å². The van der Waals surface area contributed by atoms with Crippen LogP contribution in [-0.4, -0.2) is 43.0 Å². The van der Waals surface area contributed by atoms with Crippen LogP contribution in [0.15, 0.2) is 36.4 Å². The molecule has 3 rings (SSSR count). The Morgan fingerprint density at radius 3 is 2.48 bits per heavy atom. The molecule has 0 saturated carbocycles. The molecule has 1 amide bonds. The Kier molecular flexibility index (Phi) is 8.20. The highest BCUT2D eigenvalue weighted by atomic mass is 35.5. The van der Waals surface area contributed by atoms with E-state index in [9.17, 15) is 4.79 Å². The highest BCUT2D eigenvalue weighted by Crippen LogP contribution is 2.31. The Bertz CT molecular complexity index is 983. The molecule has 0 atom stereocenters. The molecule has 0 spiro atoms. The van der Waals surface area contributed by atoms with Crippen LogP contribution in [0.25, 0.3) is 10.2 Å². The van der Waals surface area contributed by atoms with Crippen LogP contribution in [0.4, 0.5) is 5.13 Å². The molecule has 0 fully saturated rings. The van der Waals surface area contributed by atoms with Crippen molar-refractivity contribution in [1.29, 1.82) is 0 Å². The SMILES string of the molecule is CCc1cccc2sc(N(CCN(C)C)C(=O)Cc3ccc(C)c(C)c3)nc12.Cl. The van der Waals surface area contributed by atoms with Gasteiger partial charge in [-0.1, -0.05) is 48.6 Å². The number of carbonyl (C=O) groups excluding carboxylic acids is 1.